The molecule has 132 valence electrons. The fourth-order valence-corrected chi connectivity index (χ4v) is 2.66. The van der Waals surface area contributed by atoms with Crippen molar-refractivity contribution in [3.63, 3.8) is 0 Å². The highest BCUT2D eigenvalue weighted by molar-refractivity contribution is 4.43. The third-order valence-electron chi connectivity index (χ3n) is 4.12. The van der Waals surface area contributed by atoms with Gasteiger partial charge in [-0.3, -0.25) is 0 Å². The molecular weight excluding hydrogens is 392 g/mol. The van der Waals surface area contributed by atoms with Crippen LogP contribution in [-0.4, -0.2) is 40.3 Å². The molecule has 2 N–H and O–H groups in total. The van der Waals surface area contributed by atoms with E-state index in [0.29, 0.717) is 0 Å². The van der Waals surface area contributed by atoms with Crippen LogP contribution in [0.4, 0.5) is 0 Å². The van der Waals surface area contributed by atoms with Gasteiger partial charge in [0.25, 0.3) is 0 Å². The van der Waals surface area contributed by atoms with Crippen LogP contribution in [0.3, 0.4) is 0 Å². The molecule has 0 amide bonds. The first-order valence-electron chi connectivity index (χ1n) is 8.83. The van der Waals surface area contributed by atoms with E-state index in [4.69, 9.17) is 0 Å². The van der Waals surface area contributed by atoms with Crippen LogP contribution in [-0.2, 0) is 0 Å². The minimum Gasteiger partial charge on any atom is -1.00 e. The molecule has 0 aromatic heterocycles. The van der Waals surface area contributed by atoms with Crippen LogP contribution >= 0.6 is 0 Å². The van der Waals surface area contributed by atoms with Gasteiger partial charge >= 0.3 is 0 Å². The van der Waals surface area contributed by atoms with Gasteiger partial charge in [0.2, 0.25) is 0 Å². The average Bonchev–Trinajstić information content (AvgIpc) is 2.43. The molecule has 2 aliphatic rings. The minimum atomic E-state index is 0. The average molecular weight is 432 g/mol. The smallest absolute Gasteiger partial charge is 0.0768 e. The highest BCUT2D eigenvalue weighted by Gasteiger charge is 2.06. The third kappa shape index (κ3) is 20.9. The van der Waals surface area contributed by atoms with Gasteiger partial charge in [0.05, 0.1) is 40.3 Å². The maximum Gasteiger partial charge on any atom is 0.0768 e. The molecule has 2 heterocycles. The summed E-state index contributed by atoms with van der Waals surface area (Å²) in [6.07, 6.45) is 12.8. The molecule has 2 nitrogen and oxygen atoms in total. The van der Waals surface area contributed by atoms with Crippen LogP contribution in [0.25, 0.3) is 0 Å². The van der Waals surface area contributed by atoms with Crippen molar-refractivity contribution in [2.24, 2.45) is 0 Å². The molecule has 0 bridgehead atoms. The number of rotatable bonds is 2. The highest BCUT2D eigenvalue weighted by Crippen LogP contribution is 1.93. The Balaban J connectivity index is -0.000000225. The molecule has 0 aromatic carbocycles. The van der Waals surface area contributed by atoms with Crippen LogP contribution in [0.1, 0.15) is 71.6 Å². The Labute approximate surface area is 155 Å². The van der Waals surface area contributed by atoms with E-state index in [2.05, 4.69) is 27.9 Å². The Bertz CT molecular complexity index is 150. The second kappa shape index (κ2) is 20.9. The first kappa shape index (κ1) is 26.8. The van der Waals surface area contributed by atoms with Gasteiger partial charge in [-0.15, -0.1) is 0 Å². The third-order valence-corrected chi connectivity index (χ3v) is 4.12. The fraction of sp³-hybridized carbons (Fsp3) is 1.00. The molecule has 21 heavy (non-hydrogen) atoms. The number of likely N-dealkylation sites (tertiary alicyclic amines) is 2. The Morgan fingerprint density at radius 2 is 0.857 bits per heavy atom. The van der Waals surface area contributed by atoms with Gasteiger partial charge in [0, 0.05) is 0 Å². The number of nitrogens with one attached hydrogen (secondary N) is 2. The molecule has 0 spiro atoms. The molecule has 0 radical (unpaired) electrons. The van der Waals surface area contributed by atoms with E-state index in [1.54, 1.807) is 9.80 Å². The molecule has 4 heteroatoms. The first-order chi connectivity index (χ1) is 9.20. The van der Waals surface area contributed by atoms with Crippen molar-refractivity contribution in [3.8, 4) is 0 Å². The Kier molecular flexibility index (Phi) is 26.6. The summed E-state index contributed by atoms with van der Waals surface area (Å²) in [6, 6.07) is 0. The fourth-order valence-electron chi connectivity index (χ4n) is 2.66. The lowest BCUT2D eigenvalue weighted by Crippen LogP contribution is -3.09. The quantitative estimate of drug-likeness (QED) is 0.436. The molecule has 2 rings (SSSR count). The molecule has 2 aliphatic heterocycles. The van der Waals surface area contributed by atoms with Crippen LogP contribution in [0, 0.1) is 0 Å². The lowest BCUT2D eigenvalue weighted by Gasteiger charge is -2.17. The number of halogens is 2. The maximum atomic E-state index is 2.28. The Morgan fingerprint density at radius 3 is 0.952 bits per heavy atom. The molecular formula is C17H40Br2N2. The summed E-state index contributed by atoms with van der Waals surface area (Å²) in [5.74, 6) is 0. The Morgan fingerprint density at radius 1 is 0.571 bits per heavy atom. The number of unbranched alkanes of at least 4 members (excludes halogenated alkanes) is 2. The molecule has 2 saturated heterocycles. The van der Waals surface area contributed by atoms with Gasteiger partial charge < -0.3 is 43.8 Å². The summed E-state index contributed by atoms with van der Waals surface area (Å²) in [5, 5.41) is 0. The summed E-state index contributed by atoms with van der Waals surface area (Å²) >= 11 is 0. The second-order valence-electron chi connectivity index (χ2n) is 6.39. The second-order valence-corrected chi connectivity index (χ2v) is 6.39. The highest BCUT2D eigenvalue weighted by atomic mass is 79.9. The summed E-state index contributed by atoms with van der Waals surface area (Å²) in [7, 11) is 4.55. The van der Waals surface area contributed by atoms with E-state index in [1.807, 2.05) is 0 Å². The van der Waals surface area contributed by atoms with Crippen molar-refractivity contribution in [1.82, 2.24) is 0 Å². The van der Waals surface area contributed by atoms with Gasteiger partial charge in [-0.2, -0.15) is 0 Å². The van der Waals surface area contributed by atoms with E-state index >= 15 is 0 Å². The number of quaternary nitrogens is 2. The van der Waals surface area contributed by atoms with Crippen LogP contribution < -0.4 is 43.8 Å². The largest absolute Gasteiger partial charge is 1.00 e. The summed E-state index contributed by atoms with van der Waals surface area (Å²) in [6.45, 7) is 10.0. The van der Waals surface area contributed by atoms with Crippen molar-refractivity contribution < 1.29 is 43.8 Å². The van der Waals surface area contributed by atoms with E-state index < -0.39 is 0 Å². The standard InChI is InChI=1S/2C6H13N.C5H12.2BrH/c2*1-7-5-3-2-4-6-7;1-3-5-4-2;;/h2*2-6H2,1H3;3-5H2,1-2H3;2*1H. The van der Waals surface area contributed by atoms with Gasteiger partial charge in [-0.05, 0) is 38.5 Å². The maximum absolute atomic E-state index is 2.28. The molecule has 0 aromatic rings. The van der Waals surface area contributed by atoms with Crippen LogP contribution in [0.5, 0.6) is 0 Å². The van der Waals surface area contributed by atoms with Crippen molar-refractivity contribution in [2.45, 2.75) is 71.6 Å². The number of piperidine rings is 2. The topological polar surface area (TPSA) is 8.88 Å². The van der Waals surface area contributed by atoms with Gasteiger partial charge in [0.15, 0.2) is 0 Å². The predicted octanol–water partition coefficient (Wildman–Crippen LogP) is -4.43. The minimum absolute atomic E-state index is 0. The zero-order chi connectivity index (χ0) is 14.3. The molecule has 0 atom stereocenters. The lowest BCUT2D eigenvalue weighted by molar-refractivity contribution is -0.884. The SMILES string of the molecule is CCCCC.C[NH+]1CCCCC1.C[NH+]1CCCCC1.[Br-].[Br-]. The summed E-state index contributed by atoms with van der Waals surface area (Å²) in [4.78, 5) is 3.43. The van der Waals surface area contributed by atoms with E-state index in [0.717, 1.165) is 0 Å². The van der Waals surface area contributed by atoms with Crippen molar-refractivity contribution in [2.75, 3.05) is 40.3 Å². The number of hydrogen-bond donors (Lipinski definition) is 2. The van der Waals surface area contributed by atoms with Crippen molar-refractivity contribution in [3.05, 3.63) is 0 Å². The van der Waals surface area contributed by atoms with Gasteiger partial charge in [-0.1, -0.05) is 33.1 Å². The molecule has 0 unspecified atom stereocenters. The van der Waals surface area contributed by atoms with Gasteiger partial charge in [-0.25, -0.2) is 0 Å². The van der Waals surface area contributed by atoms with Gasteiger partial charge in [0.1, 0.15) is 0 Å². The Hall–Kier alpha value is 0.880. The van der Waals surface area contributed by atoms with Crippen molar-refractivity contribution >= 4 is 0 Å². The van der Waals surface area contributed by atoms with E-state index in [9.17, 15) is 0 Å². The van der Waals surface area contributed by atoms with Crippen LogP contribution in [0.15, 0.2) is 0 Å². The molecule has 2 fully saturated rings. The first-order valence-corrected chi connectivity index (χ1v) is 8.83. The molecule has 0 saturated carbocycles. The predicted molar refractivity (Wildman–Crippen MR) is 86.1 cm³/mol. The van der Waals surface area contributed by atoms with Crippen LogP contribution in [0.2, 0.25) is 0 Å². The molecule has 0 aliphatic carbocycles. The van der Waals surface area contributed by atoms with E-state index in [-0.39, 0.29) is 34.0 Å². The monoisotopic (exact) mass is 430 g/mol. The van der Waals surface area contributed by atoms with E-state index in [1.165, 1.54) is 84.0 Å². The lowest BCUT2D eigenvalue weighted by atomic mass is 10.1. The number of hydrogen-bond acceptors (Lipinski definition) is 0. The zero-order valence-electron chi connectivity index (χ0n) is 14.9. The summed E-state index contributed by atoms with van der Waals surface area (Å²) < 4.78 is 0. The normalized spacial score (nSPS) is 18.9. The zero-order valence-corrected chi connectivity index (χ0v) is 18.1. The van der Waals surface area contributed by atoms with Crippen molar-refractivity contribution in [1.29, 1.82) is 0 Å². The summed E-state index contributed by atoms with van der Waals surface area (Å²) in [5.41, 5.74) is 0.